The zero-order valence-electron chi connectivity index (χ0n) is 12.7. The second-order valence-corrected chi connectivity index (χ2v) is 4.92. The molecule has 3 aromatic rings. The first-order valence-electron chi connectivity index (χ1n) is 7.06. The number of nitro benzene ring substituents is 1. The fourth-order valence-corrected chi connectivity index (χ4v) is 2.30. The molecule has 0 aliphatic carbocycles. The molecule has 116 valence electrons. The molecule has 2 aromatic heterocycles. The Morgan fingerprint density at radius 1 is 1.30 bits per heavy atom. The van der Waals surface area contributed by atoms with E-state index < -0.39 is 4.92 Å². The molecule has 0 bridgehead atoms. The summed E-state index contributed by atoms with van der Waals surface area (Å²) in [6, 6.07) is 4.91. The first-order valence-corrected chi connectivity index (χ1v) is 7.06. The summed E-state index contributed by atoms with van der Waals surface area (Å²) in [4.78, 5) is 23.3. The van der Waals surface area contributed by atoms with Crippen LogP contribution in [0.1, 0.15) is 12.5 Å². The van der Waals surface area contributed by atoms with Gasteiger partial charge in [-0.25, -0.2) is 14.6 Å². The van der Waals surface area contributed by atoms with Crippen LogP contribution in [0, 0.1) is 17.0 Å². The van der Waals surface area contributed by atoms with E-state index in [2.05, 4.69) is 20.1 Å². The normalized spacial score (nSPS) is 10.7. The van der Waals surface area contributed by atoms with E-state index in [9.17, 15) is 10.1 Å². The third kappa shape index (κ3) is 2.78. The van der Waals surface area contributed by atoms with Crippen LogP contribution in [0.2, 0.25) is 0 Å². The zero-order chi connectivity index (χ0) is 16.4. The molecule has 0 atom stereocenters. The van der Waals surface area contributed by atoms with Crippen LogP contribution >= 0.6 is 0 Å². The lowest BCUT2D eigenvalue weighted by atomic mass is 10.1. The highest BCUT2D eigenvalue weighted by Gasteiger charge is 2.16. The van der Waals surface area contributed by atoms with E-state index in [1.807, 2.05) is 6.92 Å². The summed E-state index contributed by atoms with van der Waals surface area (Å²) in [6.45, 7) is 4.29. The minimum absolute atomic E-state index is 0.0884. The Kier molecular flexibility index (Phi) is 3.80. The van der Waals surface area contributed by atoms with Gasteiger partial charge in [-0.05, 0) is 26.0 Å². The second-order valence-electron chi connectivity index (χ2n) is 4.92. The van der Waals surface area contributed by atoms with Crippen LogP contribution in [0.25, 0.3) is 22.9 Å². The molecule has 8 heteroatoms. The van der Waals surface area contributed by atoms with Gasteiger partial charge in [-0.15, -0.1) is 5.10 Å². The Morgan fingerprint density at radius 2 is 2.13 bits per heavy atom. The highest BCUT2D eigenvalue weighted by atomic mass is 16.6. The highest BCUT2D eigenvalue weighted by molar-refractivity contribution is 5.63. The SMILES string of the molecule is CCn1nc(-c2cnccn2)nc1-c1ccc([N+](=O)[O-])c(C)c1. The first kappa shape index (κ1) is 14.8. The maximum absolute atomic E-state index is 10.9. The van der Waals surface area contributed by atoms with Crippen LogP contribution in [-0.2, 0) is 6.54 Å². The molecule has 0 unspecified atom stereocenters. The van der Waals surface area contributed by atoms with Crippen molar-refractivity contribution in [1.29, 1.82) is 0 Å². The van der Waals surface area contributed by atoms with Crippen LogP contribution in [0.5, 0.6) is 0 Å². The van der Waals surface area contributed by atoms with E-state index in [1.165, 1.54) is 6.07 Å². The maximum Gasteiger partial charge on any atom is 0.272 e. The summed E-state index contributed by atoms with van der Waals surface area (Å²) < 4.78 is 1.74. The molecule has 3 rings (SSSR count). The van der Waals surface area contributed by atoms with Gasteiger partial charge in [-0.1, -0.05) is 0 Å². The second kappa shape index (κ2) is 5.91. The Morgan fingerprint density at radius 3 is 2.74 bits per heavy atom. The third-order valence-corrected chi connectivity index (χ3v) is 3.42. The average Bonchev–Trinajstić information content (AvgIpc) is 2.99. The Balaban J connectivity index is 2.08. The number of nitro groups is 1. The quantitative estimate of drug-likeness (QED) is 0.542. The van der Waals surface area contributed by atoms with Gasteiger partial charge in [0, 0.05) is 36.1 Å². The molecule has 1 aromatic carbocycles. The summed E-state index contributed by atoms with van der Waals surface area (Å²) in [5, 5.41) is 15.4. The van der Waals surface area contributed by atoms with Gasteiger partial charge in [0.1, 0.15) is 5.69 Å². The van der Waals surface area contributed by atoms with E-state index in [0.717, 1.165) is 5.56 Å². The van der Waals surface area contributed by atoms with Crippen molar-refractivity contribution in [3.8, 4) is 22.9 Å². The molecule has 0 saturated carbocycles. The average molecular weight is 310 g/mol. The lowest BCUT2D eigenvalue weighted by Gasteiger charge is -2.04. The van der Waals surface area contributed by atoms with Gasteiger partial charge < -0.3 is 0 Å². The first-order chi connectivity index (χ1) is 11.1. The Bertz CT molecular complexity index is 860. The van der Waals surface area contributed by atoms with Crippen LogP contribution in [0.15, 0.2) is 36.8 Å². The third-order valence-electron chi connectivity index (χ3n) is 3.42. The smallest absolute Gasteiger partial charge is 0.261 e. The number of hydrogen-bond acceptors (Lipinski definition) is 6. The molecular formula is C15H14N6O2. The molecule has 0 fully saturated rings. The molecule has 0 radical (unpaired) electrons. The molecule has 23 heavy (non-hydrogen) atoms. The van der Waals surface area contributed by atoms with Gasteiger partial charge in [0.05, 0.1) is 11.1 Å². The van der Waals surface area contributed by atoms with Crippen molar-refractivity contribution in [3.63, 3.8) is 0 Å². The number of nitrogens with zero attached hydrogens (tertiary/aromatic N) is 6. The predicted molar refractivity (Wildman–Crippen MR) is 83.5 cm³/mol. The van der Waals surface area contributed by atoms with Crippen molar-refractivity contribution in [2.75, 3.05) is 0 Å². The molecule has 8 nitrogen and oxygen atoms in total. The van der Waals surface area contributed by atoms with E-state index in [0.29, 0.717) is 29.5 Å². The number of benzene rings is 1. The highest BCUT2D eigenvalue weighted by Crippen LogP contribution is 2.26. The van der Waals surface area contributed by atoms with Crippen LogP contribution < -0.4 is 0 Å². The molecular weight excluding hydrogens is 296 g/mol. The van der Waals surface area contributed by atoms with Crippen molar-refractivity contribution in [2.24, 2.45) is 0 Å². The zero-order valence-corrected chi connectivity index (χ0v) is 12.7. The standard InChI is InChI=1S/C15H14N6O2/c1-3-20-15(11-4-5-13(21(22)23)10(2)8-11)18-14(19-20)12-9-16-6-7-17-12/h4-9H,3H2,1-2H3. The largest absolute Gasteiger partial charge is 0.272 e. The molecule has 0 aliphatic heterocycles. The Labute approximate surface area is 132 Å². The number of aromatic nitrogens is 5. The summed E-state index contributed by atoms with van der Waals surface area (Å²) in [6.07, 6.45) is 4.76. The lowest BCUT2D eigenvalue weighted by Crippen LogP contribution is -2.00. The van der Waals surface area contributed by atoms with Gasteiger partial charge in [-0.3, -0.25) is 15.1 Å². The topological polar surface area (TPSA) is 99.6 Å². The summed E-state index contributed by atoms with van der Waals surface area (Å²) in [7, 11) is 0. The van der Waals surface area contributed by atoms with Crippen LogP contribution in [-0.4, -0.2) is 29.7 Å². The molecule has 0 aliphatic rings. The fraction of sp³-hybridized carbons (Fsp3) is 0.200. The van der Waals surface area contributed by atoms with Gasteiger partial charge in [-0.2, -0.15) is 0 Å². The van der Waals surface area contributed by atoms with E-state index in [-0.39, 0.29) is 5.69 Å². The van der Waals surface area contributed by atoms with E-state index in [4.69, 9.17) is 0 Å². The van der Waals surface area contributed by atoms with E-state index >= 15 is 0 Å². The monoisotopic (exact) mass is 310 g/mol. The lowest BCUT2D eigenvalue weighted by molar-refractivity contribution is -0.385. The van der Waals surface area contributed by atoms with Gasteiger partial charge >= 0.3 is 0 Å². The number of hydrogen-bond donors (Lipinski definition) is 0. The molecule has 0 amide bonds. The number of rotatable bonds is 4. The maximum atomic E-state index is 10.9. The van der Waals surface area contributed by atoms with Crippen LogP contribution in [0.3, 0.4) is 0 Å². The van der Waals surface area contributed by atoms with Crippen molar-refractivity contribution >= 4 is 5.69 Å². The van der Waals surface area contributed by atoms with Crippen LogP contribution in [0.4, 0.5) is 5.69 Å². The van der Waals surface area contributed by atoms with Gasteiger partial charge in [0.25, 0.3) is 5.69 Å². The van der Waals surface area contributed by atoms with Crippen molar-refractivity contribution in [2.45, 2.75) is 20.4 Å². The Hall–Kier alpha value is -3.16. The van der Waals surface area contributed by atoms with Gasteiger partial charge in [0.15, 0.2) is 5.82 Å². The minimum Gasteiger partial charge on any atom is -0.261 e. The summed E-state index contributed by atoms with van der Waals surface area (Å²) in [5.74, 6) is 1.12. The molecule has 0 saturated heterocycles. The van der Waals surface area contributed by atoms with Crippen molar-refractivity contribution in [3.05, 3.63) is 52.5 Å². The molecule has 2 heterocycles. The molecule has 0 spiro atoms. The summed E-state index contributed by atoms with van der Waals surface area (Å²) >= 11 is 0. The number of aryl methyl sites for hydroxylation is 2. The van der Waals surface area contributed by atoms with Gasteiger partial charge in [0.2, 0.25) is 5.82 Å². The van der Waals surface area contributed by atoms with Crippen molar-refractivity contribution in [1.82, 2.24) is 24.7 Å². The van der Waals surface area contributed by atoms with E-state index in [1.54, 1.807) is 42.3 Å². The van der Waals surface area contributed by atoms with Crippen molar-refractivity contribution < 1.29 is 4.92 Å². The fourth-order valence-electron chi connectivity index (χ4n) is 2.30. The minimum atomic E-state index is -0.394. The summed E-state index contributed by atoms with van der Waals surface area (Å²) in [5.41, 5.74) is 2.03. The molecule has 0 N–H and O–H groups in total. The predicted octanol–water partition coefficient (Wildman–Crippen LogP) is 2.64.